The van der Waals surface area contributed by atoms with Gasteiger partial charge in [0.2, 0.25) is 0 Å². The van der Waals surface area contributed by atoms with Crippen molar-refractivity contribution in [1.82, 2.24) is 0 Å². The first-order chi connectivity index (χ1) is 15.4. The highest BCUT2D eigenvalue weighted by Crippen LogP contribution is 2.41. The van der Waals surface area contributed by atoms with Gasteiger partial charge in [-0.15, -0.1) is 11.3 Å². The van der Waals surface area contributed by atoms with E-state index in [1.807, 2.05) is 6.07 Å². The van der Waals surface area contributed by atoms with E-state index in [1.165, 1.54) is 36.7 Å². The predicted molar refractivity (Wildman–Crippen MR) is 123 cm³/mol. The summed E-state index contributed by atoms with van der Waals surface area (Å²) >= 11 is 1.38. The summed E-state index contributed by atoms with van der Waals surface area (Å²) in [6.45, 7) is 4.13. The maximum Gasteiger partial charge on any atom is 0.341 e. The second-order valence-corrected chi connectivity index (χ2v) is 8.61. The van der Waals surface area contributed by atoms with Gasteiger partial charge >= 0.3 is 5.97 Å². The summed E-state index contributed by atoms with van der Waals surface area (Å²) in [5.74, 6) is -0.325. The lowest BCUT2D eigenvalue weighted by atomic mass is 9.85. The van der Waals surface area contributed by atoms with Crippen molar-refractivity contribution < 1.29 is 24.2 Å². The number of nitriles is 1. The maximum atomic E-state index is 12.9. The number of aromatic hydroxyl groups is 1. The Kier molecular flexibility index (Phi) is 7.54. The molecule has 8 heteroatoms. The van der Waals surface area contributed by atoms with Gasteiger partial charge in [0, 0.05) is 4.88 Å². The summed E-state index contributed by atoms with van der Waals surface area (Å²) in [7, 11) is 1.42. The van der Waals surface area contributed by atoms with Crippen molar-refractivity contribution in [1.29, 1.82) is 5.26 Å². The summed E-state index contributed by atoms with van der Waals surface area (Å²) in [5, 5.41) is 22.5. The van der Waals surface area contributed by atoms with Crippen LogP contribution in [0.1, 0.15) is 53.1 Å². The number of phenols is 1. The molecular weight excluding hydrogens is 428 g/mol. The zero-order valence-corrected chi connectivity index (χ0v) is 19.2. The minimum atomic E-state index is -0.615. The van der Waals surface area contributed by atoms with Crippen LogP contribution in [0.3, 0.4) is 0 Å². The van der Waals surface area contributed by atoms with Crippen molar-refractivity contribution in [3.05, 3.63) is 45.3 Å². The zero-order valence-electron chi connectivity index (χ0n) is 18.4. The summed E-state index contributed by atoms with van der Waals surface area (Å²) in [6.07, 6.45) is 5.09. The monoisotopic (exact) mass is 454 g/mol. The number of anilines is 1. The van der Waals surface area contributed by atoms with Crippen LogP contribution in [0.4, 0.5) is 5.00 Å². The molecular formula is C24H26N2O5S. The molecule has 0 radical (unpaired) electrons. The highest BCUT2D eigenvalue weighted by atomic mass is 32.1. The van der Waals surface area contributed by atoms with E-state index in [-0.39, 0.29) is 23.7 Å². The Morgan fingerprint density at radius 1 is 1.38 bits per heavy atom. The normalized spacial score (nSPS) is 15.4. The number of hydrogen-bond acceptors (Lipinski definition) is 7. The van der Waals surface area contributed by atoms with Crippen molar-refractivity contribution in [3.8, 4) is 17.6 Å². The van der Waals surface area contributed by atoms with Crippen LogP contribution in [0.15, 0.2) is 23.8 Å². The second kappa shape index (κ2) is 10.3. The van der Waals surface area contributed by atoms with Gasteiger partial charge in [-0.3, -0.25) is 4.79 Å². The molecule has 0 aliphatic heterocycles. The molecule has 0 bridgehead atoms. The number of carbonyl (C=O) groups excluding carboxylic acids is 2. The molecule has 1 amide bonds. The van der Waals surface area contributed by atoms with E-state index >= 15 is 0 Å². The Morgan fingerprint density at radius 2 is 2.16 bits per heavy atom. The number of nitrogens with zero attached hydrogens (tertiary/aromatic N) is 1. The van der Waals surface area contributed by atoms with Gasteiger partial charge in [0.25, 0.3) is 5.91 Å². The van der Waals surface area contributed by atoms with Crippen LogP contribution in [-0.2, 0) is 22.4 Å². The Bertz CT molecular complexity index is 1100. The highest BCUT2D eigenvalue weighted by Gasteiger charge is 2.30. The third-order valence-electron chi connectivity index (χ3n) is 5.53. The Hall–Kier alpha value is -3.31. The number of hydrogen-bond donors (Lipinski definition) is 2. The van der Waals surface area contributed by atoms with Crippen molar-refractivity contribution >= 4 is 34.3 Å². The summed E-state index contributed by atoms with van der Waals surface area (Å²) in [6, 6.07) is 6.43. The average Bonchev–Trinajstić information content (AvgIpc) is 3.15. The number of thiophene rings is 1. The molecule has 1 unspecified atom stereocenters. The van der Waals surface area contributed by atoms with E-state index in [2.05, 4.69) is 12.2 Å². The van der Waals surface area contributed by atoms with E-state index < -0.39 is 11.9 Å². The Balaban J connectivity index is 1.93. The molecule has 0 fully saturated rings. The summed E-state index contributed by atoms with van der Waals surface area (Å²) in [4.78, 5) is 26.7. The van der Waals surface area contributed by atoms with Crippen LogP contribution < -0.4 is 10.1 Å². The molecule has 1 aromatic carbocycles. The number of esters is 1. The highest BCUT2D eigenvalue weighted by molar-refractivity contribution is 7.17. The van der Waals surface area contributed by atoms with Gasteiger partial charge in [-0.1, -0.05) is 19.4 Å². The fourth-order valence-corrected chi connectivity index (χ4v) is 5.12. The first kappa shape index (κ1) is 23.4. The fourth-order valence-electron chi connectivity index (χ4n) is 3.78. The van der Waals surface area contributed by atoms with Crippen molar-refractivity contribution in [2.24, 2.45) is 5.92 Å². The lowest BCUT2D eigenvalue weighted by Crippen LogP contribution is -2.17. The van der Waals surface area contributed by atoms with Crippen LogP contribution in [0.25, 0.3) is 6.08 Å². The summed E-state index contributed by atoms with van der Waals surface area (Å²) < 4.78 is 10.3. The number of phenolic OH excluding ortho intramolecular Hbond substituents is 1. The number of methoxy groups -OCH3 is 1. The van der Waals surface area contributed by atoms with E-state index in [9.17, 15) is 20.0 Å². The average molecular weight is 455 g/mol. The van der Waals surface area contributed by atoms with Crippen LogP contribution >= 0.6 is 11.3 Å². The van der Waals surface area contributed by atoms with Crippen LogP contribution in [0.2, 0.25) is 0 Å². The van der Waals surface area contributed by atoms with Crippen LogP contribution in [0.5, 0.6) is 11.5 Å². The van der Waals surface area contributed by atoms with Gasteiger partial charge in [0.15, 0.2) is 11.5 Å². The van der Waals surface area contributed by atoms with E-state index in [1.54, 1.807) is 13.0 Å². The lowest BCUT2D eigenvalue weighted by Gasteiger charge is -2.20. The molecule has 1 heterocycles. The smallest absolute Gasteiger partial charge is 0.341 e. The maximum absolute atomic E-state index is 12.9. The van der Waals surface area contributed by atoms with Crippen molar-refractivity contribution in [2.75, 3.05) is 19.0 Å². The molecule has 32 heavy (non-hydrogen) atoms. The van der Waals surface area contributed by atoms with Gasteiger partial charge in [-0.05, 0) is 61.4 Å². The quantitative estimate of drug-likeness (QED) is 0.357. The predicted octanol–water partition coefficient (Wildman–Crippen LogP) is 4.70. The third-order valence-corrected chi connectivity index (χ3v) is 6.70. The number of amides is 1. The van der Waals surface area contributed by atoms with E-state index in [4.69, 9.17) is 9.47 Å². The number of nitrogens with one attached hydrogen (secondary N) is 1. The molecule has 1 aliphatic rings. The molecule has 7 nitrogen and oxygen atoms in total. The standard InChI is InChI=1S/C24H26N2O5S/c1-4-14-6-8-17-20(12-14)32-23(21(17)24(29)31-5-2)26-22(28)16(13-25)10-15-7-9-18(27)19(11-15)30-3/h7,9-11,14,27H,4-6,8,12H2,1-3H3,(H,26,28)/b16-10+. The lowest BCUT2D eigenvalue weighted by molar-refractivity contribution is -0.112. The molecule has 1 aliphatic carbocycles. The van der Waals surface area contributed by atoms with Gasteiger partial charge in [-0.2, -0.15) is 5.26 Å². The molecule has 168 valence electrons. The number of rotatable bonds is 7. The second-order valence-electron chi connectivity index (χ2n) is 7.50. The molecule has 1 atom stereocenters. The van der Waals surface area contributed by atoms with Gasteiger partial charge in [0.1, 0.15) is 16.6 Å². The molecule has 3 rings (SSSR count). The first-order valence-electron chi connectivity index (χ1n) is 10.5. The number of fused-ring (bicyclic) bond motifs is 1. The SMILES string of the molecule is CCOC(=O)c1c(NC(=O)/C(C#N)=C/c2ccc(O)c(OC)c2)sc2c1CCC(CC)C2. The Labute approximate surface area is 191 Å². The van der Waals surface area contributed by atoms with Crippen LogP contribution in [-0.4, -0.2) is 30.7 Å². The number of benzene rings is 1. The largest absolute Gasteiger partial charge is 0.504 e. The summed E-state index contributed by atoms with van der Waals surface area (Å²) in [5.41, 5.74) is 1.73. The van der Waals surface area contributed by atoms with Gasteiger partial charge in [-0.25, -0.2) is 4.79 Å². The zero-order chi connectivity index (χ0) is 23.3. The molecule has 0 saturated carbocycles. The van der Waals surface area contributed by atoms with Crippen molar-refractivity contribution in [3.63, 3.8) is 0 Å². The number of ether oxygens (including phenoxy) is 2. The molecule has 2 aromatic rings. The third kappa shape index (κ3) is 4.94. The topological polar surface area (TPSA) is 109 Å². The van der Waals surface area contributed by atoms with Crippen LogP contribution in [0, 0.1) is 17.2 Å². The first-order valence-corrected chi connectivity index (χ1v) is 11.3. The Morgan fingerprint density at radius 3 is 2.81 bits per heavy atom. The van der Waals surface area contributed by atoms with Gasteiger partial charge < -0.3 is 19.9 Å². The van der Waals surface area contributed by atoms with Crippen molar-refractivity contribution in [2.45, 2.75) is 39.5 Å². The molecule has 0 saturated heterocycles. The molecule has 2 N–H and O–H groups in total. The minimum absolute atomic E-state index is 0.0405. The number of carbonyl (C=O) groups is 2. The fraction of sp³-hybridized carbons (Fsp3) is 0.375. The molecule has 0 spiro atoms. The van der Waals surface area contributed by atoms with E-state index in [0.717, 1.165) is 36.1 Å². The van der Waals surface area contributed by atoms with E-state index in [0.29, 0.717) is 22.0 Å². The molecule has 1 aromatic heterocycles. The minimum Gasteiger partial charge on any atom is -0.504 e. The van der Waals surface area contributed by atoms with Gasteiger partial charge in [0.05, 0.1) is 19.3 Å².